The number of rotatable bonds is 5. The maximum atomic E-state index is 13.3. The number of ether oxygens (including phenoxy) is 2. The van der Waals surface area contributed by atoms with Crippen molar-refractivity contribution >= 4 is 11.6 Å². The van der Waals surface area contributed by atoms with Gasteiger partial charge in [-0.3, -0.25) is 4.79 Å². The number of carbonyl (C=O) groups excluding carboxylic acids is 1. The number of H-pyrrole nitrogens is 1. The number of nitrogens with one attached hydrogen (secondary N) is 2. The Kier molecular flexibility index (Phi) is 4.39. The first-order valence-electron chi connectivity index (χ1n) is 10.8. The second-order valence-corrected chi connectivity index (χ2v) is 8.45. The molecule has 1 aromatic heterocycles. The number of aromatic nitrogens is 4. The van der Waals surface area contributed by atoms with Crippen LogP contribution in [0.15, 0.2) is 60.7 Å². The average Bonchev–Trinajstić information content (AvgIpc) is 3.24. The van der Waals surface area contributed by atoms with E-state index in [4.69, 9.17) is 9.47 Å². The van der Waals surface area contributed by atoms with Gasteiger partial charge >= 0.3 is 0 Å². The Bertz CT molecular complexity index is 1370. The molecule has 1 fully saturated rings. The summed E-state index contributed by atoms with van der Waals surface area (Å²) in [5.41, 5.74) is 5.23. The summed E-state index contributed by atoms with van der Waals surface area (Å²) in [6.45, 7) is 2.27. The number of aromatic amines is 1. The fourth-order valence-electron chi connectivity index (χ4n) is 4.34. The van der Waals surface area contributed by atoms with Crippen LogP contribution in [0.3, 0.4) is 0 Å². The number of aryl methyl sites for hydroxylation is 1. The van der Waals surface area contributed by atoms with Gasteiger partial charge in [-0.15, -0.1) is 10.2 Å². The second kappa shape index (κ2) is 7.44. The molecule has 166 valence electrons. The number of fused-ring (bicyclic) bond motifs is 1. The van der Waals surface area contributed by atoms with Crippen molar-refractivity contribution in [3.8, 4) is 34.0 Å². The number of carbonyl (C=O) groups is 1. The van der Waals surface area contributed by atoms with Crippen LogP contribution >= 0.6 is 0 Å². The van der Waals surface area contributed by atoms with Crippen LogP contribution in [0.2, 0.25) is 0 Å². The van der Waals surface area contributed by atoms with Gasteiger partial charge in [-0.25, -0.2) is 0 Å². The SMILES string of the molecule is Cc1ccc(NC(=O)C2(c3ccc4c(c3)OCO4)CC2)cc1-c1cccc(-c2nn[nH]n2)c1.[HH]. The lowest BCUT2D eigenvalue weighted by molar-refractivity contribution is -0.118. The van der Waals surface area contributed by atoms with Crippen molar-refractivity contribution in [2.45, 2.75) is 25.2 Å². The molecule has 0 spiro atoms. The van der Waals surface area contributed by atoms with Crippen LogP contribution in [-0.4, -0.2) is 33.3 Å². The van der Waals surface area contributed by atoms with Crippen LogP contribution in [0.4, 0.5) is 5.69 Å². The summed E-state index contributed by atoms with van der Waals surface area (Å²) < 4.78 is 10.9. The van der Waals surface area contributed by atoms with Gasteiger partial charge in [0.15, 0.2) is 11.5 Å². The highest BCUT2D eigenvalue weighted by Crippen LogP contribution is 2.51. The molecule has 8 nitrogen and oxygen atoms in total. The van der Waals surface area contributed by atoms with Gasteiger partial charge < -0.3 is 14.8 Å². The first-order valence-corrected chi connectivity index (χ1v) is 10.8. The maximum Gasteiger partial charge on any atom is 0.235 e. The molecule has 2 aliphatic rings. The van der Waals surface area contributed by atoms with E-state index in [2.05, 4.69) is 32.9 Å². The Hall–Kier alpha value is -4.20. The van der Waals surface area contributed by atoms with Gasteiger partial charge in [-0.2, -0.15) is 5.21 Å². The van der Waals surface area contributed by atoms with E-state index >= 15 is 0 Å². The Morgan fingerprint density at radius 2 is 1.88 bits per heavy atom. The lowest BCUT2D eigenvalue weighted by atomic mass is 9.94. The van der Waals surface area contributed by atoms with Crippen molar-refractivity contribution in [1.82, 2.24) is 20.6 Å². The molecule has 1 amide bonds. The van der Waals surface area contributed by atoms with Gasteiger partial charge in [0.2, 0.25) is 18.5 Å². The van der Waals surface area contributed by atoms with Gasteiger partial charge in [-0.1, -0.05) is 30.3 Å². The number of amides is 1. The molecule has 3 aromatic carbocycles. The third-order valence-electron chi connectivity index (χ3n) is 6.38. The monoisotopic (exact) mass is 441 g/mol. The molecule has 1 saturated carbocycles. The Labute approximate surface area is 191 Å². The predicted molar refractivity (Wildman–Crippen MR) is 124 cm³/mol. The van der Waals surface area contributed by atoms with E-state index in [1.807, 2.05) is 60.7 Å². The van der Waals surface area contributed by atoms with Crippen LogP contribution in [0.5, 0.6) is 11.5 Å². The summed E-state index contributed by atoms with van der Waals surface area (Å²) in [5.74, 6) is 1.96. The van der Waals surface area contributed by atoms with Gasteiger partial charge in [0.1, 0.15) is 0 Å². The van der Waals surface area contributed by atoms with Crippen LogP contribution in [0.25, 0.3) is 22.5 Å². The summed E-state index contributed by atoms with van der Waals surface area (Å²) in [5, 5.41) is 17.4. The van der Waals surface area contributed by atoms with Crippen molar-refractivity contribution < 1.29 is 15.7 Å². The Balaban J connectivity index is 0.00000241. The fourth-order valence-corrected chi connectivity index (χ4v) is 4.34. The lowest BCUT2D eigenvalue weighted by Crippen LogP contribution is -2.27. The quantitative estimate of drug-likeness (QED) is 0.473. The third kappa shape index (κ3) is 3.40. The minimum atomic E-state index is -0.523. The molecule has 8 heteroatoms. The third-order valence-corrected chi connectivity index (χ3v) is 6.38. The van der Waals surface area contributed by atoms with Gasteiger partial charge in [0.25, 0.3) is 0 Å². The summed E-state index contributed by atoms with van der Waals surface area (Å²) in [6.07, 6.45) is 1.62. The highest BCUT2D eigenvalue weighted by molar-refractivity contribution is 6.02. The van der Waals surface area contributed by atoms with Gasteiger partial charge in [-0.05, 0) is 77.6 Å². The molecule has 2 heterocycles. The highest BCUT2D eigenvalue weighted by Gasteiger charge is 2.51. The average molecular weight is 441 g/mol. The summed E-state index contributed by atoms with van der Waals surface area (Å²) >= 11 is 0. The van der Waals surface area contributed by atoms with Crippen LogP contribution < -0.4 is 14.8 Å². The minimum Gasteiger partial charge on any atom is -0.454 e. The Morgan fingerprint density at radius 3 is 2.70 bits per heavy atom. The smallest absolute Gasteiger partial charge is 0.235 e. The van der Waals surface area contributed by atoms with E-state index < -0.39 is 5.41 Å². The molecular weight excluding hydrogens is 418 g/mol. The minimum absolute atomic E-state index is 0. The highest BCUT2D eigenvalue weighted by atomic mass is 16.7. The number of benzene rings is 3. The summed E-state index contributed by atoms with van der Waals surface area (Å²) in [4.78, 5) is 13.3. The van der Waals surface area contributed by atoms with Crippen molar-refractivity contribution in [2.24, 2.45) is 0 Å². The molecule has 6 rings (SSSR count). The zero-order chi connectivity index (χ0) is 22.4. The summed E-state index contributed by atoms with van der Waals surface area (Å²) in [7, 11) is 0. The summed E-state index contributed by atoms with van der Waals surface area (Å²) in [6, 6.07) is 19.7. The van der Waals surface area contributed by atoms with Gasteiger partial charge in [0, 0.05) is 12.7 Å². The molecule has 0 bridgehead atoms. The topological polar surface area (TPSA) is 102 Å². The van der Waals surface area contributed by atoms with E-state index in [-0.39, 0.29) is 14.1 Å². The fraction of sp³-hybridized carbons (Fsp3) is 0.200. The molecule has 1 aliphatic heterocycles. The number of nitrogens with zero attached hydrogens (tertiary/aromatic N) is 3. The van der Waals surface area contributed by atoms with E-state index in [0.29, 0.717) is 11.6 Å². The maximum absolute atomic E-state index is 13.3. The number of anilines is 1. The first-order chi connectivity index (χ1) is 16.1. The zero-order valence-corrected chi connectivity index (χ0v) is 18.0. The number of hydrogen-bond acceptors (Lipinski definition) is 6. The molecule has 0 atom stereocenters. The van der Waals surface area contributed by atoms with Gasteiger partial charge in [0.05, 0.1) is 5.41 Å². The van der Waals surface area contributed by atoms with Crippen molar-refractivity contribution in [2.75, 3.05) is 12.1 Å². The van der Waals surface area contributed by atoms with Crippen molar-refractivity contribution in [1.29, 1.82) is 0 Å². The predicted octanol–water partition coefficient (Wildman–Crippen LogP) is 4.49. The Morgan fingerprint density at radius 1 is 1.03 bits per heavy atom. The van der Waals surface area contributed by atoms with Crippen LogP contribution in [0, 0.1) is 6.92 Å². The molecule has 2 N–H and O–H groups in total. The zero-order valence-electron chi connectivity index (χ0n) is 18.0. The van der Waals surface area contributed by atoms with Crippen LogP contribution in [0.1, 0.15) is 25.4 Å². The standard InChI is InChI=1S/C25H21N5O3.H2/c1-15-5-7-19(13-20(15)16-3-2-4-17(11-16)23-27-29-30-28-23)26-24(31)25(9-10-25)18-6-8-21-22(12-18)33-14-32-21;/h2-8,11-13H,9-10,14H2,1H3,(H,26,31)(H,27,28,29,30);1H. The first kappa shape index (κ1) is 19.5. The van der Waals surface area contributed by atoms with E-state index in [0.717, 1.165) is 52.1 Å². The van der Waals surface area contributed by atoms with E-state index in [1.54, 1.807) is 0 Å². The lowest BCUT2D eigenvalue weighted by Gasteiger charge is -2.17. The molecular formula is C25H23N5O3. The van der Waals surface area contributed by atoms with E-state index in [9.17, 15) is 4.79 Å². The number of hydrogen-bond donors (Lipinski definition) is 2. The van der Waals surface area contributed by atoms with Crippen molar-refractivity contribution in [3.63, 3.8) is 0 Å². The number of tetrazole rings is 1. The van der Waals surface area contributed by atoms with Crippen LogP contribution in [-0.2, 0) is 10.2 Å². The molecule has 4 aromatic rings. The van der Waals surface area contributed by atoms with E-state index in [1.165, 1.54) is 0 Å². The molecule has 33 heavy (non-hydrogen) atoms. The largest absolute Gasteiger partial charge is 0.454 e. The molecule has 0 saturated heterocycles. The van der Waals surface area contributed by atoms with Crippen molar-refractivity contribution in [3.05, 3.63) is 71.8 Å². The molecule has 0 radical (unpaired) electrons. The normalized spacial score (nSPS) is 15.3. The molecule has 0 unspecified atom stereocenters. The second-order valence-electron chi connectivity index (χ2n) is 8.45. The molecule has 1 aliphatic carbocycles.